The number of benzene rings is 3. The van der Waals surface area contributed by atoms with Crippen molar-refractivity contribution in [3.05, 3.63) is 99.5 Å². The summed E-state index contributed by atoms with van der Waals surface area (Å²) in [5, 5.41) is 1.18. The largest absolute Gasteiger partial charge is 0.247 e. The van der Waals surface area contributed by atoms with Crippen LogP contribution < -0.4 is 0 Å². The van der Waals surface area contributed by atoms with Crippen molar-refractivity contribution in [2.45, 2.75) is 6.92 Å². The predicted molar refractivity (Wildman–Crippen MR) is 113 cm³/mol. The Morgan fingerprint density at radius 2 is 1.62 bits per heavy atom. The molecule has 1 aliphatic carbocycles. The quantitative estimate of drug-likeness (QED) is 0.300. The maximum atomic E-state index is 5.00. The highest BCUT2D eigenvalue weighted by Crippen LogP contribution is 2.45. The van der Waals surface area contributed by atoms with E-state index in [0.29, 0.717) is 0 Å². The summed E-state index contributed by atoms with van der Waals surface area (Å²) in [4.78, 5) is 5.00. The summed E-state index contributed by atoms with van der Waals surface area (Å²) in [5.41, 5.74) is 9.54. The highest BCUT2D eigenvalue weighted by molar-refractivity contribution is 9.10. The van der Waals surface area contributed by atoms with Crippen molar-refractivity contribution in [1.82, 2.24) is 4.98 Å². The molecule has 0 unspecified atom stereocenters. The first kappa shape index (κ1) is 15.5. The van der Waals surface area contributed by atoms with Crippen LogP contribution in [-0.2, 0) is 0 Å². The van der Waals surface area contributed by atoms with Crippen molar-refractivity contribution in [2.24, 2.45) is 0 Å². The van der Waals surface area contributed by atoms with Crippen LogP contribution in [0.15, 0.2) is 77.3 Å². The second-order valence-corrected chi connectivity index (χ2v) is 7.65. The fourth-order valence-corrected chi connectivity index (χ4v) is 3.91. The Bertz CT molecular complexity index is 1190. The van der Waals surface area contributed by atoms with E-state index in [1.807, 2.05) is 6.07 Å². The summed E-state index contributed by atoms with van der Waals surface area (Å²) in [6.45, 7) is 2.14. The van der Waals surface area contributed by atoms with Gasteiger partial charge in [0, 0.05) is 21.0 Å². The number of hydrogen-bond donors (Lipinski definition) is 0. The third-order valence-electron chi connectivity index (χ3n) is 4.92. The van der Waals surface area contributed by atoms with E-state index in [4.69, 9.17) is 4.98 Å². The van der Waals surface area contributed by atoms with E-state index in [0.717, 1.165) is 15.7 Å². The lowest BCUT2D eigenvalue weighted by Gasteiger charge is -2.05. The predicted octanol–water partition coefficient (Wildman–Crippen LogP) is 6.88. The van der Waals surface area contributed by atoms with Gasteiger partial charge in [0.2, 0.25) is 0 Å². The number of halogens is 1. The van der Waals surface area contributed by atoms with Gasteiger partial charge in [0.1, 0.15) is 0 Å². The molecule has 4 aromatic rings. The normalized spacial score (nSPS) is 13.8. The maximum Gasteiger partial charge on any atom is 0.0794 e. The molecule has 2 heteroatoms. The van der Waals surface area contributed by atoms with Gasteiger partial charge < -0.3 is 0 Å². The number of nitrogens with zero attached hydrogens (tertiary/aromatic N) is 1. The molecule has 0 aliphatic heterocycles. The molecule has 1 heterocycles. The average molecular weight is 398 g/mol. The van der Waals surface area contributed by atoms with Crippen molar-refractivity contribution in [3.63, 3.8) is 0 Å². The monoisotopic (exact) mass is 397 g/mol. The van der Waals surface area contributed by atoms with Crippen LogP contribution in [0.3, 0.4) is 0 Å². The van der Waals surface area contributed by atoms with Gasteiger partial charge in [0.25, 0.3) is 0 Å². The fraction of sp³-hybridized carbons (Fsp3) is 0.0417. The summed E-state index contributed by atoms with van der Waals surface area (Å²) in [5.74, 6) is 0. The molecule has 0 saturated carbocycles. The van der Waals surface area contributed by atoms with Crippen molar-refractivity contribution in [3.8, 4) is 11.3 Å². The van der Waals surface area contributed by atoms with E-state index in [-0.39, 0.29) is 0 Å². The summed E-state index contributed by atoms with van der Waals surface area (Å²) in [6.07, 6.45) is 2.27. The van der Waals surface area contributed by atoms with Crippen molar-refractivity contribution in [2.75, 3.05) is 0 Å². The van der Waals surface area contributed by atoms with Crippen LogP contribution in [0.1, 0.15) is 22.3 Å². The minimum atomic E-state index is 1.04. The van der Waals surface area contributed by atoms with Crippen LogP contribution in [0.5, 0.6) is 0 Å². The molecule has 124 valence electrons. The van der Waals surface area contributed by atoms with Crippen LogP contribution in [-0.4, -0.2) is 4.98 Å². The van der Waals surface area contributed by atoms with Gasteiger partial charge >= 0.3 is 0 Å². The van der Waals surface area contributed by atoms with Crippen LogP contribution in [0.4, 0.5) is 0 Å². The zero-order chi connectivity index (χ0) is 17.7. The zero-order valence-corrected chi connectivity index (χ0v) is 15.9. The highest BCUT2D eigenvalue weighted by atomic mass is 79.9. The van der Waals surface area contributed by atoms with Gasteiger partial charge in [-0.1, -0.05) is 64.0 Å². The van der Waals surface area contributed by atoms with Crippen LogP contribution >= 0.6 is 15.9 Å². The molecule has 0 saturated heterocycles. The molecule has 0 fully saturated rings. The molecular formula is C24H16BrN. The highest BCUT2D eigenvalue weighted by Gasteiger charge is 2.25. The minimum absolute atomic E-state index is 1.04. The zero-order valence-electron chi connectivity index (χ0n) is 14.3. The number of hydrogen-bond acceptors (Lipinski definition) is 1. The summed E-state index contributed by atoms with van der Waals surface area (Å²) in [6, 6.07) is 25.7. The van der Waals surface area contributed by atoms with Crippen molar-refractivity contribution >= 4 is 38.5 Å². The van der Waals surface area contributed by atoms with E-state index in [1.54, 1.807) is 0 Å². The molecule has 1 nitrogen and oxygen atoms in total. The Balaban J connectivity index is 1.81. The molecular weight excluding hydrogens is 382 g/mol. The molecule has 3 aromatic carbocycles. The van der Waals surface area contributed by atoms with Crippen LogP contribution in [0, 0.1) is 6.92 Å². The van der Waals surface area contributed by atoms with Gasteiger partial charge in [0.15, 0.2) is 0 Å². The Hall–Kier alpha value is -2.71. The van der Waals surface area contributed by atoms with E-state index in [9.17, 15) is 0 Å². The topological polar surface area (TPSA) is 12.9 Å². The van der Waals surface area contributed by atoms with Gasteiger partial charge in [-0.25, -0.2) is 4.98 Å². The summed E-state index contributed by atoms with van der Waals surface area (Å²) >= 11 is 3.51. The molecule has 0 amide bonds. The molecule has 26 heavy (non-hydrogen) atoms. The van der Waals surface area contributed by atoms with Gasteiger partial charge in [0.05, 0.1) is 11.2 Å². The van der Waals surface area contributed by atoms with E-state index >= 15 is 0 Å². The second-order valence-electron chi connectivity index (χ2n) is 6.74. The number of aromatic nitrogens is 1. The lowest BCUT2D eigenvalue weighted by atomic mass is 10.00. The number of para-hydroxylation sites is 1. The van der Waals surface area contributed by atoms with E-state index in [1.165, 1.54) is 38.8 Å². The van der Waals surface area contributed by atoms with Gasteiger partial charge in [-0.3, -0.25) is 0 Å². The first-order chi connectivity index (χ1) is 12.7. The molecule has 0 spiro atoms. The van der Waals surface area contributed by atoms with Crippen molar-refractivity contribution in [1.29, 1.82) is 0 Å². The van der Waals surface area contributed by atoms with Crippen molar-refractivity contribution < 1.29 is 0 Å². The lowest BCUT2D eigenvalue weighted by molar-refractivity contribution is 1.39. The smallest absolute Gasteiger partial charge is 0.0794 e. The lowest BCUT2D eigenvalue weighted by Crippen LogP contribution is -1.87. The molecule has 1 aromatic heterocycles. The standard InChI is InChI=1S/C24H16BrN/c1-15-6-11-19-20(13-16-7-9-18(25)10-8-16)22-14-17-4-2-3-5-23(17)26-24(22)21(19)12-15/h2-14H,1H3/b20-13-. The third-order valence-corrected chi connectivity index (χ3v) is 5.44. The Morgan fingerprint density at radius 3 is 2.46 bits per heavy atom. The first-order valence-electron chi connectivity index (χ1n) is 8.68. The minimum Gasteiger partial charge on any atom is -0.247 e. The maximum absolute atomic E-state index is 5.00. The number of aryl methyl sites for hydroxylation is 1. The van der Waals surface area contributed by atoms with Gasteiger partial charge in [-0.2, -0.15) is 0 Å². The third kappa shape index (κ3) is 2.49. The molecule has 1 aliphatic rings. The van der Waals surface area contributed by atoms with E-state index < -0.39 is 0 Å². The Labute approximate surface area is 161 Å². The average Bonchev–Trinajstić information content (AvgIpc) is 2.94. The molecule has 0 radical (unpaired) electrons. The number of fused-ring (bicyclic) bond motifs is 4. The fourth-order valence-electron chi connectivity index (χ4n) is 3.64. The van der Waals surface area contributed by atoms with E-state index in [2.05, 4.69) is 95.7 Å². The van der Waals surface area contributed by atoms with Gasteiger partial charge in [-0.15, -0.1) is 0 Å². The molecule has 0 bridgehead atoms. The second kappa shape index (κ2) is 5.93. The SMILES string of the molecule is Cc1ccc2c(c1)-c1nc3ccccc3cc1/C2=C\c1ccc(Br)cc1. The molecule has 0 N–H and O–H groups in total. The van der Waals surface area contributed by atoms with Crippen LogP contribution in [0.2, 0.25) is 0 Å². The van der Waals surface area contributed by atoms with Gasteiger partial charge in [-0.05, 0) is 60.0 Å². The Kier molecular flexibility index (Phi) is 3.54. The number of rotatable bonds is 1. The molecule has 0 atom stereocenters. The number of pyridine rings is 1. The summed E-state index contributed by atoms with van der Waals surface area (Å²) < 4.78 is 1.09. The summed E-state index contributed by atoms with van der Waals surface area (Å²) in [7, 11) is 0. The van der Waals surface area contributed by atoms with Crippen LogP contribution in [0.25, 0.3) is 33.8 Å². The first-order valence-corrected chi connectivity index (χ1v) is 9.47. The molecule has 5 rings (SSSR count). The Morgan fingerprint density at radius 1 is 0.808 bits per heavy atom.